The normalized spacial score (nSPS) is 13.0. The van der Waals surface area contributed by atoms with Gasteiger partial charge in [0.15, 0.2) is 5.69 Å². The molecule has 7 nitrogen and oxygen atoms in total. The Morgan fingerprint density at radius 1 is 1.32 bits per heavy atom. The van der Waals surface area contributed by atoms with Gasteiger partial charge in [-0.15, -0.1) is 0 Å². The fourth-order valence-electron chi connectivity index (χ4n) is 2.05. The minimum atomic E-state index is -1.09. The molecule has 0 amide bonds. The first kappa shape index (κ1) is 15.9. The number of aromatic nitrogens is 4. The van der Waals surface area contributed by atoms with Crippen molar-refractivity contribution in [2.75, 3.05) is 5.32 Å². The van der Waals surface area contributed by atoms with E-state index in [1.807, 2.05) is 24.7 Å². The number of aryl methyl sites for hydroxylation is 1. The predicted molar refractivity (Wildman–Crippen MR) is 83.0 cm³/mol. The van der Waals surface area contributed by atoms with E-state index in [4.69, 9.17) is 5.11 Å². The molecule has 0 radical (unpaired) electrons. The molecule has 7 heteroatoms. The van der Waals surface area contributed by atoms with Crippen LogP contribution in [0.25, 0.3) is 0 Å². The summed E-state index contributed by atoms with van der Waals surface area (Å²) in [5, 5.41) is 16.6. The van der Waals surface area contributed by atoms with Gasteiger partial charge in [0.1, 0.15) is 5.82 Å². The van der Waals surface area contributed by atoms with Gasteiger partial charge in [-0.3, -0.25) is 4.68 Å². The van der Waals surface area contributed by atoms with E-state index in [0.717, 1.165) is 11.3 Å². The van der Waals surface area contributed by atoms with Gasteiger partial charge >= 0.3 is 5.97 Å². The molecule has 0 spiro atoms. The average Bonchev–Trinajstić information content (AvgIpc) is 2.81. The molecular weight excluding hydrogens is 282 g/mol. The molecule has 0 aliphatic rings. The van der Waals surface area contributed by atoms with Crippen molar-refractivity contribution in [3.8, 4) is 0 Å². The quantitative estimate of drug-likeness (QED) is 0.902. The molecule has 0 aliphatic carbocycles. The van der Waals surface area contributed by atoms with Crippen LogP contribution < -0.4 is 5.32 Å². The molecule has 0 fully saturated rings. The van der Waals surface area contributed by atoms with Crippen LogP contribution >= 0.6 is 0 Å². The van der Waals surface area contributed by atoms with Gasteiger partial charge in [-0.1, -0.05) is 0 Å². The minimum absolute atomic E-state index is 0.0129. The Kier molecular flexibility index (Phi) is 4.16. The van der Waals surface area contributed by atoms with Gasteiger partial charge in [0, 0.05) is 11.8 Å². The van der Waals surface area contributed by atoms with E-state index in [1.165, 1.54) is 12.4 Å². The second kappa shape index (κ2) is 5.75. The third-order valence-corrected chi connectivity index (χ3v) is 3.33. The highest BCUT2D eigenvalue weighted by atomic mass is 16.4. The van der Waals surface area contributed by atoms with Gasteiger partial charge in [-0.2, -0.15) is 5.10 Å². The molecule has 22 heavy (non-hydrogen) atoms. The molecule has 118 valence electrons. The summed E-state index contributed by atoms with van der Waals surface area (Å²) in [7, 11) is 0. The largest absolute Gasteiger partial charge is 0.476 e. The first-order valence-corrected chi connectivity index (χ1v) is 7.07. The van der Waals surface area contributed by atoms with Crippen LogP contribution in [0.1, 0.15) is 55.5 Å². The topological polar surface area (TPSA) is 92.9 Å². The van der Waals surface area contributed by atoms with E-state index in [-0.39, 0.29) is 17.3 Å². The Morgan fingerprint density at radius 2 is 2.00 bits per heavy atom. The Bertz CT molecular complexity index is 670. The molecule has 2 aromatic rings. The molecule has 0 aliphatic heterocycles. The summed E-state index contributed by atoms with van der Waals surface area (Å²) in [6.07, 6.45) is 4.68. The van der Waals surface area contributed by atoms with E-state index >= 15 is 0 Å². The van der Waals surface area contributed by atoms with Crippen LogP contribution in [0, 0.1) is 6.92 Å². The van der Waals surface area contributed by atoms with Crippen LogP contribution in [-0.2, 0) is 5.54 Å². The van der Waals surface area contributed by atoms with Gasteiger partial charge in [-0.05, 0) is 34.6 Å². The summed E-state index contributed by atoms with van der Waals surface area (Å²) >= 11 is 0. The summed E-state index contributed by atoms with van der Waals surface area (Å²) in [6, 6.07) is -0.0129. The van der Waals surface area contributed by atoms with Crippen LogP contribution in [0.5, 0.6) is 0 Å². The number of hydrogen-bond acceptors (Lipinski definition) is 5. The van der Waals surface area contributed by atoms with E-state index in [0.29, 0.717) is 5.82 Å². The molecule has 0 bridgehead atoms. The van der Waals surface area contributed by atoms with Gasteiger partial charge in [0.2, 0.25) is 0 Å². The number of nitrogens with one attached hydrogen (secondary N) is 1. The van der Waals surface area contributed by atoms with Crippen molar-refractivity contribution >= 4 is 11.8 Å². The van der Waals surface area contributed by atoms with Gasteiger partial charge in [0.25, 0.3) is 0 Å². The van der Waals surface area contributed by atoms with Crippen molar-refractivity contribution in [3.05, 3.63) is 35.5 Å². The highest BCUT2D eigenvalue weighted by molar-refractivity contribution is 5.84. The maximum absolute atomic E-state index is 10.8. The van der Waals surface area contributed by atoms with Crippen LogP contribution in [0.3, 0.4) is 0 Å². The molecule has 2 heterocycles. The zero-order valence-electron chi connectivity index (χ0n) is 13.5. The molecule has 2 aromatic heterocycles. The molecule has 2 rings (SSSR count). The minimum Gasteiger partial charge on any atom is -0.476 e. The third-order valence-electron chi connectivity index (χ3n) is 3.33. The third kappa shape index (κ3) is 3.41. The van der Waals surface area contributed by atoms with Crippen LogP contribution in [-0.4, -0.2) is 30.8 Å². The maximum atomic E-state index is 10.8. The van der Waals surface area contributed by atoms with Crippen molar-refractivity contribution in [1.29, 1.82) is 0 Å². The Balaban J connectivity index is 2.17. The molecule has 1 atom stereocenters. The second-order valence-corrected chi connectivity index (χ2v) is 6.24. The number of rotatable bonds is 4. The lowest BCUT2D eigenvalue weighted by Crippen LogP contribution is -2.22. The van der Waals surface area contributed by atoms with Crippen molar-refractivity contribution in [2.45, 2.75) is 46.2 Å². The van der Waals surface area contributed by atoms with E-state index in [2.05, 4.69) is 41.2 Å². The number of hydrogen-bond donors (Lipinski definition) is 2. The van der Waals surface area contributed by atoms with Crippen molar-refractivity contribution in [2.24, 2.45) is 0 Å². The molecule has 2 N–H and O–H groups in total. The zero-order chi connectivity index (χ0) is 16.5. The lowest BCUT2D eigenvalue weighted by Gasteiger charge is -2.19. The van der Waals surface area contributed by atoms with E-state index in [9.17, 15) is 4.79 Å². The number of anilines is 1. The SMILES string of the molecule is Cc1nn(C(C)(C)C)cc1C(C)Nc1cnc(C(=O)O)cn1. The Hall–Kier alpha value is -2.44. The average molecular weight is 303 g/mol. The Labute approximate surface area is 129 Å². The molecule has 0 saturated heterocycles. The monoisotopic (exact) mass is 303 g/mol. The summed E-state index contributed by atoms with van der Waals surface area (Å²) < 4.78 is 1.94. The molecule has 0 saturated carbocycles. The Morgan fingerprint density at radius 3 is 2.45 bits per heavy atom. The van der Waals surface area contributed by atoms with E-state index in [1.54, 1.807) is 0 Å². The van der Waals surface area contributed by atoms with Crippen LogP contribution in [0.4, 0.5) is 5.82 Å². The number of aromatic carboxylic acids is 1. The molecular formula is C15H21N5O2. The smallest absolute Gasteiger partial charge is 0.356 e. The van der Waals surface area contributed by atoms with E-state index < -0.39 is 5.97 Å². The summed E-state index contributed by atoms with van der Waals surface area (Å²) in [4.78, 5) is 18.7. The van der Waals surface area contributed by atoms with Gasteiger partial charge < -0.3 is 10.4 Å². The second-order valence-electron chi connectivity index (χ2n) is 6.24. The first-order chi connectivity index (χ1) is 10.2. The summed E-state index contributed by atoms with van der Waals surface area (Å²) in [6.45, 7) is 10.3. The van der Waals surface area contributed by atoms with Gasteiger partial charge in [0.05, 0.1) is 29.7 Å². The lowest BCUT2D eigenvalue weighted by atomic mass is 10.1. The van der Waals surface area contributed by atoms with Gasteiger partial charge in [-0.25, -0.2) is 14.8 Å². The number of carboxylic acids is 1. The van der Waals surface area contributed by atoms with Crippen molar-refractivity contribution in [3.63, 3.8) is 0 Å². The number of carboxylic acid groups (broad SMARTS) is 1. The summed E-state index contributed by atoms with van der Waals surface area (Å²) in [5.74, 6) is -0.560. The van der Waals surface area contributed by atoms with Crippen LogP contribution in [0.2, 0.25) is 0 Å². The fraction of sp³-hybridized carbons (Fsp3) is 0.467. The molecule has 0 aromatic carbocycles. The molecule has 1 unspecified atom stereocenters. The number of carbonyl (C=O) groups is 1. The predicted octanol–water partition coefficient (Wildman–Crippen LogP) is 2.61. The van der Waals surface area contributed by atoms with Crippen LogP contribution in [0.15, 0.2) is 18.6 Å². The lowest BCUT2D eigenvalue weighted by molar-refractivity contribution is 0.0690. The van der Waals surface area contributed by atoms with Crippen molar-refractivity contribution in [1.82, 2.24) is 19.7 Å². The first-order valence-electron chi connectivity index (χ1n) is 7.07. The van der Waals surface area contributed by atoms with Crippen molar-refractivity contribution < 1.29 is 9.90 Å². The zero-order valence-corrected chi connectivity index (χ0v) is 13.5. The fourth-order valence-corrected chi connectivity index (χ4v) is 2.05. The number of nitrogens with zero attached hydrogens (tertiary/aromatic N) is 4. The maximum Gasteiger partial charge on any atom is 0.356 e. The highest BCUT2D eigenvalue weighted by Crippen LogP contribution is 2.23. The standard InChI is InChI=1S/C15H21N5O2/c1-9(11-8-20(15(3,4)5)19-10(11)2)18-13-7-16-12(6-17-13)14(21)22/h6-9H,1-5H3,(H,17,18)(H,21,22). The highest BCUT2D eigenvalue weighted by Gasteiger charge is 2.19. The summed E-state index contributed by atoms with van der Waals surface area (Å²) in [5.41, 5.74) is 1.87.